The van der Waals surface area contributed by atoms with Gasteiger partial charge in [-0.3, -0.25) is 4.79 Å². The second kappa shape index (κ2) is 7.50. The van der Waals surface area contributed by atoms with Crippen molar-refractivity contribution in [1.82, 2.24) is 9.03 Å². The summed E-state index contributed by atoms with van der Waals surface area (Å²) in [6.45, 7) is 2.63. The monoisotopic (exact) mass is 324 g/mol. The third-order valence-corrected chi connectivity index (χ3v) is 5.18. The van der Waals surface area contributed by atoms with Gasteiger partial charge in [0.1, 0.15) is 0 Å². The Bertz CT molecular complexity index is 449. The van der Waals surface area contributed by atoms with E-state index in [9.17, 15) is 23.4 Å². The zero-order valence-electron chi connectivity index (χ0n) is 12.4. The van der Waals surface area contributed by atoms with Crippen molar-refractivity contribution in [2.24, 2.45) is 5.92 Å². The molecule has 0 aromatic rings. The number of nitrogens with zero attached hydrogens (tertiary/aromatic N) is 1. The highest BCUT2D eigenvalue weighted by Gasteiger charge is 2.37. The molecule has 0 radical (unpaired) electrons. The van der Waals surface area contributed by atoms with Gasteiger partial charge in [-0.1, -0.05) is 0 Å². The first-order valence-electron chi connectivity index (χ1n) is 6.95. The average Bonchev–Trinajstić information content (AvgIpc) is 2.47. The number of hydrogen-bond acceptors (Lipinski definition) is 6. The highest BCUT2D eigenvalue weighted by atomic mass is 32.2. The van der Waals surface area contributed by atoms with Crippen LogP contribution in [0, 0.1) is 5.92 Å². The van der Waals surface area contributed by atoms with Crippen LogP contribution < -0.4 is 4.72 Å². The lowest BCUT2D eigenvalue weighted by Gasteiger charge is -2.34. The van der Waals surface area contributed by atoms with Crippen molar-refractivity contribution in [3.8, 4) is 0 Å². The van der Waals surface area contributed by atoms with Crippen molar-refractivity contribution in [3.05, 3.63) is 0 Å². The van der Waals surface area contributed by atoms with Gasteiger partial charge >= 0.3 is 5.97 Å². The lowest BCUT2D eigenvalue weighted by atomic mass is 10.0. The van der Waals surface area contributed by atoms with Crippen molar-refractivity contribution in [1.29, 1.82) is 0 Å². The molecule has 1 rings (SSSR count). The molecular formula is C12H24N2O6S. The van der Waals surface area contributed by atoms with Crippen LogP contribution >= 0.6 is 0 Å². The van der Waals surface area contributed by atoms with Gasteiger partial charge < -0.3 is 14.9 Å². The van der Waals surface area contributed by atoms with Crippen LogP contribution in [0.3, 0.4) is 0 Å². The number of aliphatic hydroxyl groups is 2. The minimum absolute atomic E-state index is 0.0428. The molecule has 124 valence electrons. The Hall–Kier alpha value is -0.740. The van der Waals surface area contributed by atoms with Gasteiger partial charge in [0.05, 0.1) is 31.3 Å². The fourth-order valence-electron chi connectivity index (χ4n) is 2.10. The third-order valence-electron chi connectivity index (χ3n) is 3.42. The van der Waals surface area contributed by atoms with E-state index in [4.69, 9.17) is 4.74 Å². The summed E-state index contributed by atoms with van der Waals surface area (Å²) in [6.07, 6.45) is 1.14. The van der Waals surface area contributed by atoms with Crippen LogP contribution in [0.4, 0.5) is 0 Å². The Morgan fingerprint density at radius 3 is 2.57 bits per heavy atom. The maximum atomic E-state index is 12.3. The Labute approximate surface area is 125 Å². The Morgan fingerprint density at radius 2 is 2.05 bits per heavy atom. The maximum Gasteiger partial charge on any atom is 0.310 e. The fourth-order valence-corrected chi connectivity index (χ4v) is 3.73. The van der Waals surface area contributed by atoms with Gasteiger partial charge in [-0.2, -0.15) is 17.4 Å². The van der Waals surface area contributed by atoms with Crippen molar-refractivity contribution in [2.45, 2.75) is 32.2 Å². The number of ether oxygens (including phenoxy) is 1. The second-order valence-electron chi connectivity index (χ2n) is 5.43. The van der Waals surface area contributed by atoms with E-state index in [0.717, 1.165) is 4.31 Å². The number of carbonyl (C=O) groups excluding carboxylic acids is 1. The molecule has 1 aliphatic heterocycles. The maximum absolute atomic E-state index is 12.3. The molecule has 1 unspecified atom stereocenters. The van der Waals surface area contributed by atoms with Gasteiger partial charge in [0.15, 0.2) is 0 Å². The molecule has 0 saturated carbocycles. The third kappa shape index (κ3) is 4.89. The SMILES string of the molecule is CCOC(=O)C1CCCN(S(=O)(=O)NC(C)(CO)CO)C1. The summed E-state index contributed by atoms with van der Waals surface area (Å²) in [5.74, 6) is -0.880. The number of piperidine rings is 1. The average molecular weight is 324 g/mol. The minimum Gasteiger partial charge on any atom is -0.466 e. The van der Waals surface area contributed by atoms with Gasteiger partial charge in [-0.15, -0.1) is 0 Å². The van der Waals surface area contributed by atoms with E-state index in [-0.39, 0.29) is 19.7 Å². The molecule has 21 heavy (non-hydrogen) atoms. The lowest BCUT2D eigenvalue weighted by Crippen LogP contribution is -2.57. The summed E-state index contributed by atoms with van der Waals surface area (Å²) in [7, 11) is -3.89. The Morgan fingerprint density at radius 1 is 1.43 bits per heavy atom. The molecule has 0 aliphatic carbocycles. The van der Waals surface area contributed by atoms with E-state index in [1.807, 2.05) is 0 Å². The molecular weight excluding hydrogens is 300 g/mol. The zero-order chi connectivity index (χ0) is 16.1. The molecule has 1 atom stereocenters. The molecule has 3 N–H and O–H groups in total. The number of aliphatic hydroxyl groups excluding tert-OH is 2. The predicted molar refractivity (Wildman–Crippen MR) is 75.6 cm³/mol. The lowest BCUT2D eigenvalue weighted by molar-refractivity contribution is -0.149. The first-order chi connectivity index (χ1) is 9.78. The van der Waals surface area contributed by atoms with Gasteiger partial charge in [0, 0.05) is 13.1 Å². The summed E-state index contributed by atoms with van der Waals surface area (Å²) in [5.41, 5.74) is -1.34. The topological polar surface area (TPSA) is 116 Å². The van der Waals surface area contributed by atoms with Crippen LogP contribution in [-0.4, -0.2) is 67.4 Å². The zero-order valence-corrected chi connectivity index (χ0v) is 13.2. The summed E-state index contributed by atoms with van der Waals surface area (Å²) < 4.78 is 32.9. The van der Waals surface area contributed by atoms with Gasteiger partial charge in [0.25, 0.3) is 10.2 Å². The van der Waals surface area contributed by atoms with Crippen LogP contribution in [0.2, 0.25) is 0 Å². The summed E-state index contributed by atoms with van der Waals surface area (Å²) in [6, 6.07) is 0. The van der Waals surface area contributed by atoms with Gasteiger partial charge in [-0.05, 0) is 26.7 Å². The quantitative estimate of drug-likeness (QED) is 0.509. The van der Waals surface area contributed by atoms with Crippen molar-refractivity contribution in [3.63, 3.8) is 0 Å². The number of rotatable bonds is 7. The standard InChI is InChI=1S/C12H24N2O6S/c1-3-20-11(17)10-5-4-6-14(7-10)21(18,19)13-12(2,8-15)9-16/h10,13,15-16H,3-9H2,1-2H3. The smallest absolute Gasteiger partial charge is 0.310 e. The number of esters is 1. The van der Waals surface area contributed by atoms with Gasteiger partial charge in [0.2, 0.25) is 0 Å². The normalized spacial score (nSPS) is 21.2. The van der Waals surface area contributed by atoms with Crippen LogP contribution in [0.25, 0.3) is 0 Å². The molecule has 0 amide bonds. The molecule has 0 aromatic heterocycles. The van der Waals surface area contributed by atoms with Crippen LogP contribution in [0.1, 0.15) is 26.7 Å². The van der Waals surface area contributed by atoms with Gasteiger partial charge in [-0.25, -0.2) is 0 Å². The highest BCUT2D eigenvalue weighted by molar-refractivity contribution is 7.87. The van der Waals surface area contributed by atoms with E-state index in [2.05, 4.69) is 4.72 Å². The second-order valence-corrected chi connectivity index (χ2v) is 7.10. The number of hydrogen-bond donors (Lipinski definition) is 3. The molecule has 1 aliphatic rings. The summed E-state index contributed by atoms with van der Waals surface area (Å²) in [5, 5.41) is 18.4. The van der Waals surface area contributed by atoms with Crippen molar-refractivity contribution >= 4 is 16.2 Å². The molecule has 1 fully saturated rings. The number of carbonyl (C=O) groups is 1. The number of nitrogens with one attached hydrogen (secondary N) is 1. The van der Waals surface area contributed by atoms with E-state index in [1.54, 1.807) is 6.92 Å². The largest absolute Gasteiger partial charge is 0.466 e. The molecule has 1 saturated heterocycles. The fraction of sp³-hybridized carbons (Fsp3) is 0.917. The van der Waals surface area contributed by atoms with Crippen LogP contribution in [0.15, 0.2) is 0 Å². The molecule has 1 heterocycles. The van der Waals surface area contributed by atoms with E-state index in [1.165, 1.54) is 6.92 Å². The molecule has 9 heteroatoms. The first-order valence-corrected chi connectivity index (χ1v) is 8.39. The Kier molecular flexibility index (Phi) is 6.54. The van der Waals surface area contributed by atoms with E-state index < -0.39 is 40.8 Å². The molecule has 0 aromatic carbocycles. The van der Waals surface area contributed by atoms with E-state index in [0.29, 0.717) is 12.8 Å². The molecule has 0 spiro atoms. The summed E-state index contributed by atoms with van der Waals surface area (Å²) >= 11 is 0. The van der Waals surface area contributed by atoms with E-state index >= 15 is 0 Å². The van der Waals surface area contributed by atoms with Crippen molar-refractivity contribution in [2.75, 3.05) is 32.9 Å². The highest BCUT2D eigenvalue weighted by Crippen LogP contribution is 2.21. The molecule has 0 bridgehead atoms. The predicted octanol–water partition coefficient (Wildman–Crippen LogP) is -1.16. The molecule has 8 nitrogen and oxygen atoms in total. The van der Waals surface area contributed by atoms with Crippen molar-refractivity contribution < 1.29 is 28.2 Å². The summed E-state index contributed by atoms with van der Waals surface area (Å²) in [4.78, 5) is 11.7. The Balaban J connectivity index is 2.77. The van der Waals surface area contributed by atoms with Crippen LogP contribution in [-0.2, 0) is 19.7 Å². The minimum atomic E-state index is -3.89. The van der Waals surface area contributed by atoms with Crippen LogP contribution in [0.5, 0.6) is 0 Å². The first kappa shape index (κ1) is 18.3.